The standard InChI is InChI=1S/C16H23N5O3/c1-11-5-12(2)21(18-11)8-16(22)20(4)14-9-23-10-15(14)24-13-6-17-19(3)7-13/h5-7,14-15H,8-10H2,1-4H3/t14-,15+/m0/s1. The second-order valence-electron chi connectivity index (χ2n) is 6.20. The lowest BCUT2D eigenvalue weighted by molar-refractivity contribution is -0.134. The van der Waals surface area contributed by atoms with Gasteiger partial charge in [-0.15, -0.1) is 0 Å². The Balaban J connectivity index is 1.65. The highest BCUT2D eigenvalue weighted by Gasteiger charge is 2.35. The summed E-state index contributed by atoms with van der Waals surface area (Å²) >= 11 is 0. The molecule has 3 rings (SSSR count). The molecule has 8 nitrogen and oxygen atoms in total. The minimum Gasteiger partial charge on any atom is -0.482 e. The van der Waals surface area contributed by atoms with E-state index in [0.29, 0.717) is 19.0 Å². The van der Waals surface area contributed by atoms with Crippen molar-refractivity contribution in [2.75, 3.05) is 20.3 Å². The number of aryl methyl sites for hydroxylation is 3. The van der Waals surface area contributed by atoms with E-state index in [1.165, 1.54) is 0 Å². The van der Waals surface area contributed by atoms with Crippen LogP contribution in [0.25, 0.3) is 0 Å². The van der Waals surface area contributed by atoms with Crippen LogP contribution in [0.5, 0.6) is 5.75 Å². The van der Waals surface area contributed by atoms with Crippen LogP contribution in [0.2, 0.25) is 0 Å². The molecule has 1 fully saturated rings. The van der Waals surface area contributed by atoms with E-state index in [-0.39, 0.29) is 24.6 Å². The fourth-order valence-corrected chi connectivity index (χ4v) is 2.89. The molecular weight excluding hydrogens is 310 g/mol. The van der Waals surface area contributed by atoms with Crippen LogP contribution < -0.4 is 4.74 Å². The summed E-state index contributed by atoms with van der Waals surface area (Å²) in [6.45, 7) is 4.99. The topological polar surface area (TPSA) is 74.4 Å². The largest absolute Gasteiger partial charge is 0.482 e. The van der Waals surface area contributed by atoms with E-state index in [0.717, 1.165) is 11.4 Å². The summed E-state index contributed by atoms with van der Waals surface area (Å²) in [6.07, 6.45) is 3.25. The van der Waals surface area contributed by atoms with Crippen LogP contribution in [0.4, 0.5) is 0 Å². The van der Waals surface area contributed by atoms with Crippen molar-refractivity contribution < 1.29 is 14.3 Å². The highest BCUT2D eigenvalue weighted by atomic mass is 16.5. The third-order valence-corrected chi connectivity index (χ3v) is 4.25. The van der Waals surface area contributed by atoms with E-state index >= 15 is 0 Å². The quantitative estimate of drug-likeness (QED) is 0.798. The molecular formula is C16H23N5O3. The van der Waals surface area contributed by atoms with Gasteiger partial charge in [-0.1, -0.05) is 0 Å². The first kappa shape index (κ1) is 16.5. The molecule has 0 radical (unpaired) electrons. The lowest BCUT2D eigenvalue weighted by Gasteiger charge is -2.28. The molecule has 0 aromatic carbocycles. The Hall–Kier alpha value is -2.35. The number of nitrogens with zero attached hydrogens (tertiary/aromatic N) is 5. The molecule has 1 aliphatic rings. The number of rotatable bonds is 5. The molecule has 3 heterocycles. The number of hydrogen-bond acceptors (Lipinski definition) is 5. The molecule has 130 valence electrons. The Morgan fingerprint density at radius 3 is 2.88 bits per heavy atom. The molecule has 2 aromatic heterocycles. The van der Waals surface area contributed by atoms with Crippen molar-refractivity contribution in [3.63, 3.8) is 0 Å². The van der Waals surface area contributed by atoms with Crippen molar-refractivity contribution in [1.82, 2.24) is 24.5 Å². The molecule has 0 N–H and O–H groups in total. The van der Waals surface area contributed by atoms with Gasteiger partial charge in [-0.2, -0.15) is 10.2 Å². The number of likely N-dealkylation sites (N-methyl/N-ethyl adjacent to an activating group) is 1. The summed E-state index contributed by atoms with van der Waals surface area (Å²) < 4.78 is 14.9. The summed E-state index contributed by atoms with van der Waals surface area (Å²) in [4.78, 5) is 14.3. The average molecular weight is 333 g/mol. The maximum Gasteiger partial charge on any atom is 0.244 e. The minimum atomic E-state index is -0.205. The zero-order chi connectivity index (χ0) is 17.3. The Labute approximate surface area is 140 Å². The smallest absolute Gasteiger partial charge is 0.244 e. The predicted molar refractivity (Wildman–Crippen MR) is 86.7 cm³/mol. The summed E-state index contributed by atoms with van der Waals surface area (Å²) in [5, 5.41) is 8.43. The lowest BCUT2D eigenvalue weighted by Crippen LogP contribution is -2.47. The van der Waals surface area contributed by atoms with E-state index < -0.39 is 0 Å². The molecule has 1 amide bonds. The number of hydrogen-bond donors (Lipinski definition) is 0. The van der Waals surface area contributed by atoms with Gasteiger partial charge in [-0.05, 0) is 19.9 Å². The monoisotopic (exact) mass is 333 g/mol. The SMILES string of the molecule is Cc1cc(C)n(CC(=O)N(C)[C@H]2COC[C@H]2Oc2cnn(C)c2)n1. The van der Waals surface area contributed by atoms with Crippen molar-refractivity contribution in [3.05, 3.63) is 29.8 Å². The first-order valence-corrected chi connectivity index (χ1v) is 7.94. The van der Waals surface area contributed by atoms with Gasteiger partial charge in [0.15, 0.2) is 5.75 Å². The number of carbonyl (C=O) groups is 1. The van der Waals surface area contributed by atoms with Gasteiger partial charge in [0.05, 0.1) is 37.3 Å². The molecule has 0 bridgehead atoms. The van der Waals surface area contributed by atoms with Gasteiger partial charge in [-0.3, -0.25) is 14.2 Å². The zero-order valence-electron chi connectivity index (χ0n) is 14.5. The fourth-order valence-electron chi connectivity index (χ4n) is 2.89. The molecule has 8 heteroatoms. The van der Waals surface area contributed by atoms with Crippen LogP contribution in [0.1, 0.15) is 11.4 Å². The average Bonchev–Trinajstić information content (AvgIpc) is 3.21. The number of amides is 1. The maximum atomic E-state index is 12.6. The Bertz CT molecular complexity index is 723. The molecule has 24 heavy (non-hydrogen) atoms. The van der Waals surface area contributed by atoms with Crippen LogP contribution in [-0.2, 0) is 23.1 Å². The van der Waals surface area contributed by atoms with Crippen molar-refractivity contribution >= 4 is 5.91 Å². The minimum absolute atomic E-state index is 0.0171. The lowest BCUT2D eigenvalue weighted by atomic mass is 10.2. The highest BCUT2D eigenvalue weighted by Crippen LogP contribution is 2.19. The van der Waals surface area contributed by atoms with Gasteiger partial charge in [0.2, 0.25) is 5.91 Å². The number of carbonyl (C=O) groups excluding carboxylic acids is 1. The number of ether oxygens (including phenoxy) is 2. The van der Waals surface area contributed by atoms with E-state index in [1.54, 1.807) is 33.7 Å². The summed E-state index contributed by atoms with van der Waals surface area (Å²) in [5.41, 5.74) is 1.88. The molecule has 0 aliphatic carbocycles. The summed E-state index contributed by atoms with van der Waals surface area (Å²) in [5.74, 6) is 0.661. The van der Waals surface area contributed by atoms with Gasteiger partial charge in [-0.25, -0.2) is 0 Å². The van der Waals surface area contributed by atoms with Gasteiger partial charge >= 0.3 is 0 Å². The van der Waals surface area contributed by atoms with Gasteiger partial charge in [0.25, 0.3) is 0 Å². The third-order valence-electron chi connectivity index (χ3n) is 4.25. The molecule has 1 aliphatic heterocycles. The van der Waals surface area contributed by atoms with Crippen LogP contribution in [-0.4, -0.2) is 62.8 Å². The first-order valence-electron chi connectivity index (χ1n) is 7.94. The van der Waals surface area contributed by atoms with Gasteiger partial charge < -0.3 is 14.4 Å². The molecule has 2 aromatic rings. The molecule has 2 atom stereocenters. The molecule has 0 spiro atoms. The van der Waals surface area contributed by atoms with Crippen LogP contribution in [0.3, 0.4) is 0 Å². The summed E-state index contributed by atoms with van der Waals surface area (Å²) in [6, 6.07) is 1.83. The summed E-state index contributed by atoms with van der Waals surface area (Å²) in [7, 11) is 3.62. The predicted octanol–water partition coefficient (Wildman–Crippen LogP) is 0.538. The van der Waals surface area contributed by atoms with Crippen molar-refractivity contribution in [2.45, 2.75) is 32.5 Å². The highest BCUT2D eigenvalue weighted by molar-refractivity contribution is 5.76. The van der Waals surface area contributed by atoms with E-state index in [2.05, 4.69) is 10.2 Å². The second-order valence-corrected chi connectivity index (χ2v) is 6.20. The van der Waals surface area contributed by atoms with E-state index in [1.807, 2.05) is 27.0 Å². The fraction of sp³-hybridized carbons (Fsp3) is 0.562. The first-order chi connectivity index (χ1) is 11.4. The van der Waals surface area contributed by atoms with E-state index in [9.17, 15) is 4.79 Å². The Morgan fingerprint density at radius 1 is 1.46 bits per heavy atom. The second kappa shape index (κ2) is 6.64. The van der Waals surface area contributed by atoms with Crippen molar-refractivity contribution in [2.24, 2.45) is 7.05 Å². The Kier molecular flexibility index (Phi) is 4.57. The zero-order valence-corrected chi connectivity index (χ0v) is 14.5. The normalized spacial score (nSPS) is 20.3. The third kappa shape index (κ3) is 3.43. The Morgan fingerprint density at radius 2 is 2.25 bits per heavy atom. The van der Waals surface area contributed by atoms with E-state index in [4.69, 9.17) is 9.47 Å². The molecule has 0 saturated carbocycles. The molecule has 0 unspecified atom stereocenters. The number of aromatic nitrogens is 4. The van der Waals surface area contributed by atoms with Crippen molar-refractivity contribution in [3.8, 4) is 5.75 Å². The van der Waals surface area contributed by atoms with Gasteiger partial charge in [0, 0.05) is 19.8 Å². The van der Waals surface area contributed by atoms with Crippen LogP contribution >= 0.6 is 0 Å². The van der Waals surface area contributed by atoms with Gasteiger partial charge in [0.1, 0.15) is 12.6 Å². The van der Waals surface area contributed by atoms with Crippen molar-refractivity contribution in [1.29, 1.82) is 0 Å². The molecule has 1 saturated heterocycles. The van der Waals surface area contributed by atoms with Crippen LogP contribution in [0, 0.1) is 13.8 Å². The maximum absolute atomic E-state index is 12.6. The van der Waals surface area contributed by atoms with Crippen LogP contribution in [0.15, 0.2) is 18.5 Å².